The first-order chi connectivity index (χ1) is 14.8. The SMILES string of the molecule is COc1ccc2[nH]cc(C3CCN(CC(=O)Nc4cccc(S(N)(=O)=O)c4)CC3)c2c1. The average Bonchev–Trinajstić information content (AvgIpc) is 3.17. The van der Waals surface area contributed by atoms with Gasteiger partial charge in [-0.3, -0.25) is 9.69 Å². The van der Waals surface area contributed by atoms with E-state index in [-0.39, 0.29) is 17.3 Å². The molecule has 1 aliphatic heterocycles. The monoisotopic (exact) mass is 442 g/mol. The first-order valence-corrected chi connectivity index (χ1v) is 11.7. The summed E-state index contributed by atoms with van der Waals surface area (Å²) in [4.78, 5) is 17.9. The molecule has 0 radical (unpaired) electrons. The smallest absolute Gasteiger partial charge is 0.238 e. The molecule has 0 bridgehead atoms. The summed E-state index contributed by atoms with van der Waals surface area (Å²) in [6.07, 6.45) is 3.99. The van der Waals surface area contributed by atoms with Gasteiger partial charge in [0.25, 0.3) is 0 Å². The molecule has 9 heteroatoms. The normalized spacial score (nSPS) is 15.8. The van der Waals surface area contributed by atoms with Crippen LogP contribution in [0.15, 0.2) is 53.6 Å². The maximum absolute atomic E-state index is 12.4. The highest BCUT2D eigenvalue weighted by Crippen LogP contribution is 2.34. The summed E-state index contributed by atoms with van der Waals surface area (Å²) in [7, 11) is -2.14. The van der Waals surface area contributed by atoms with Crippen molar-refractivity contribution in [2.24, 2.45) is 5.14 Å². The zero-order valence-corrected chi connectivity index (χ0v) is 18.1. The van der Waals surface area contributed by atoms with Crippen molar-refractivity contribution in [1.29, 1.82) is 0 Å². The van der Waals surface area contributed by atoms with Crippen molar-refractivity contribution in [2.45, 2.75) is 23.7 Å². The second-order valence-electron chi connectivity index (χ2n) is 7.83. The average molecular weight is 443 g/mol. The molecule has 0 aliphatic carbocycles. The topological polar surface area (TPSA) is 118 Å². The van der Waals surface area contributed by atoms with Crippen LogP contribution in [0.5, 0.6) is 5.75 Å². The Labute approximate surface area is 181 Å². The van der Waals surface area contributed by atoms with Crippen LogP contribution in [0.2, 0.25) is 0 Å². The minimum absolute atomic E-state index is 0.0264. The number of nitrogens with two attached hydrogens (primary N) is 1. The Hall–Kier alpha value is -2.88. The number of carbonyl (C=O) groups is 1. The zero-order valence-electron chi connectivity index (χ0n) is 17.3. The number of fused-ring (bicyclic) bond motifs is 1. The second kappa shape index (κ2) is 8.70. The van der Waals surface area contributed by atoms with Gasteiger partial charge >= 0.3 is 0 Å². The summed E-state index contributed by atoms with van der Waals surface area (Å²) in [6, 6.07) is 12.0. The third kappa shape index (κ3) is 4.90. The predicted molar refractivity (Wildman–Crippen MR) is 120 cm³/mol. The molecule has 0 unspecified atom stereocenters. The number of hydrogen-bond acceptors (Lipinski definition) is 5. The third-order valence-corrected chi connectivity index (χ3v) is 6.67. The molecule has 1 saturated heterocycles. The van der Waals surface area contributed by atoms with Gasteiger partial charge in [0.05, 0.1) is 18.6 Å². The van der Waals surface area contributed by atoms with E-state index in [1.54, 1.807) is 19.2 Å². The van der Waals surface area contributed by atoms with Gasteiger partial charge in [-0.05, 0) is 73.8 Å². The van der Waals surface area contributed by atoms with Crippen molar-refractivity contribution in [2.75, 3.05) is 32.1 Å². The van der Waals surface area contributed by atoms with Crippen molar-refractivity contribution in [3.8, 4) is 5.75 Å². The van der Waals surface area contributed by atoms with E-state index in [9.17, 15) is 13.2 Å². The molecule has 2 heterocycles. The Morgan fingerprint density at radius 2 is 2.00 bits per heavy atom. The number of aromatic nitrogens is 1. The number of H-pyrrole nitrogens is 1. The number of carbonyl (C=O) groups excluding carboxylic acids is 1. The Balaban J connectivity index is 1.35. The van der Waals surface area contributed by atoms with Crippen molar-refractivity contribution in [1.82, 2.24) is 9.88 Å². The molecule has 8 nitrogen and oxygen atoms in total. The highest BCUT2D eigenvalue weighted by molar-refractivity contribution is 7.89. The summed E-state index contributed by atoms with van der Waals surface area (Å²) in [5.41, 5.74) is 2.80. The van der Waals surface area contributed by atoms with Gasteiger partial charge in [0.1, 0.15) is 5.75 Å². The van der Waals surface area contributed by atoms with Gasteiger partial charge in [-0.15, -0.1) is 0 Å². The van der Waals surface area contributed by atoms with Crippen molar-refractivity contribution in [3.63, 3.8) is 0 Å². The molecule has 1 aromatic heterocycles. The highest BCUT2D eigenvalue weighted by atomic mass is 32.2. The number of sulfonamides is 1. The van der Waals surface area contributed by atoms with Crippen LogP contribution in [-0.2, 0) is 14.8 Å². The van der Waals surface area contributed by atoms with Crippen LogP contribution in [0.1, 0.15) is 24.3 Å². The fraction of sp³-hybridized carbons (Fsp3) is 0.318. The molecular formula is C22H26N4O4S. The number of methoxy groups -OCH3 is 1. The first-order valence-electron chi connectivity index (χ1n) is 10.1. The number of aromatic amines is 1. The molecule has 1 amide bonds. The van der Waals surface area contributed by atoms with E-state index < -0.39 is 10.0 Å². The molecule has 4 rings (SSSR count). The maximum Gasteiger partial charge on any atom is 0.238 e. The lowest BCUT2D eigenvalue weighted by Gasteiger charge is -2.31. The second-order valence-corrected chi connectivity index (χ2v) is 9.39. The van der Waals surface area contributed by atoms with Crippen molar-refractivity contribution >= 4 is 32.5 Å². The first kappa shape index (κ1) is 21.4. The third-order valence-electron chi connectivity index (χ3n) is 5.76. The van der Waals surface area contributed by atoms with Crippen LogP contribution in [0, 0.1) is 0 Å². The molecule has 2 aromatic carbocycles. The fourth-order valence-corrected chi connectivity index (χ4v) is 4.70. The minimum atomic E-state index is -3.81. The van der Waals surface area contributed by atoms with E-state index in [0.29, 0.717) is 11.6 Å². The highest BCUT2D eigenvalue weighted by Gasteiger charge is 2.24. The molecule has 31 heavy (non-hydrogen) atoms. The van der Waals surface area contributed by atoms with Crippen LogP contribution in [0.4, 0.5) is 5.69 Å². The molecule has 0 saturated carbocycles. The predicted octanol–water partition coefficient (Wildman–Crippen LogP) is 2.64. The lowest BCUT2D eigenvalue weighted by molar-refractivity contribution is -0.117. The van der Waals surface area contributed by atoms with Crippen molar-refractivity contribution in [3.05, 3.63) is 54.2 Å². The summed E-state index contributed by atoms with van der Waals surface area (Å²) in [5.74, 6) is 1.09. The van der Waals surface area contributed by atoms with Gasteiger partial charge in [-0.2, -0.15) is 0 Å². The Morgan fingerprint density at radius 3 is 2.71 bits per heavy atom. The van der Waals surface area contributed by atoms with E-state index >= 15 is 0 Å². The fourth-order valence-electron chi connectivity index (χ4n) is 4.14. The molecule has 4 N–H and O–H groups in total. The Morgan fingerprint density at radius 1 is 1.23 bits per heavy atom. The number of nitrogens with one attached hydrogen (secondary N) is 2. The van der Waals surface area contributed by atoms with Crippen molar-refractivity contribution < 1.29 is 17.9 Å². The zero-order chi connectivity index (χ0) is 22.0. The largest absolute Gasteiger partial charge is 0.497 e. The van der Waals surface area contributed by atoms with E-state index in [0.717, 1.165) is 37.2 Å². The lowest BCUT2D eigenvalue weighted by Crippen LogP contribution is -2.38. The number of rotatable bonds is 6. The summed E-state index contributed by atoms with van der Waals surface area (Å²) in [5, 5.41) is 9.10. The number of piperidine rings is 1. The summed E-state index contributed by atoms with van der Waals surface area (Å²) in [6.45, 7) is 1.88. The van der Waals surface area contributed by atoms with E-state index in [4.69, 9.17) is 9.88 Å². The number of primary sulfonamides is 1. The molecule has 0 spiro atoms. The lowest BCUT2D eigenvalue weighted by atomic mass is 9.89. The number of nitrogens with zero attached hydrogens (tertiary/aromatic N) is 1. The van der Waals surface area contributed by atoms with Crippen LogP contribution in [0.25, 0.3) is 10.9 Å². The number of benzene rings is 2. The number of likely N-dealkylation sites (tertiary alicyclic amines) is 1. The quantitative estimate of drug-likeness (QED) is 0.542. The molecule has 164 valence electrons. The van der Waals surface area contributed by atoms with Gasteiger partial charge < -0.3 is 15.0 Å². The Kier molecular flexibility index (Phi) is 5.99. The van der Waals surface area contributed by atoms with Crippen LogP contribution >= 0.6 is 0 Å². The summed E-state index contributed by atoms with van der Waals surface area (Å²) < 4.78 is 28.3. The van der Waals surface area contributed by atoms with Crippen LogP contribution in [0.3, 0.4) is 0 Å². The number of ether oxygens (including phenoxy) is 1. The van der Waals surface area contributed by atoms with Gasteiger partial charge in [-0.1, -0.05) is 6.07 Å². The van der Waals surface area contributed by atoms with E-state index in [1.165, 1.54) is 23.1 Å². The molecule has 3 aromatic rings. The van der Waals surface area contributed by atoms with Gasteiger partial charge in [0.2, 0.25) is 15.9 Å². The molecule has 1 aliphatic rings. The van der Waals surface area contributed by atoms with Crippen LogP contribution < -0.4 is 15.2 Å². The Bertz CT molecular complexity index is 1200. The number of amides is 1. The maximum atomic E-state index is 12.4. The number of hydrogen-bond donors (Lipinski definition) is 3. The summed E-state index contributed by atoms with van der Waals surface area (Å²) >= 11 is 0. The van der Waals surface area contributed by atoms with E-state index in [2.05, 4.69) is 27.5 Å². The van der Waals surface area contributed by atoms with E-state index in [1.807, 2.05) is 12.1 Å². The minimum Gasteiger partial charge on any atom is -0.497 e. The van der Waals surface area contributed by atoms with Crippen LogP contribution in [-0.4, -0.2) is 51.0 Å². The van der Waals surface area contributed by atoms with Gasteiger partial charge in [0.15, 0.2) is 0 Å². The standard InChI is InChI=1S/C22H26N4O4S/c1-30-17-5-6-21-19(12-17)20(13-24-21)15-7-9-26(10-8-15)14-22(27)25-16-3-2-4-18(11-16)31(23,28)29/h2-6,11-13,15,24H,7-10,14H2,1H3,(H,25,27)(H2,23,28,29). The van der Waals surface area contributed by atoms with Gasteiger partial charge in [0, 0.05) is 22.8 Å². The molecule has 1 fully saturated rings. The van der Waals surface area contributed by atoms with Gasteiger partial charge in [-0.25, -0.2) is 13.6 Å². The number of anilines is 1. The molecule has 0 atom stereocenters. The molecular weight excluding hydrogens is 416 g/mol.